The van der Waals surface area contributed by atoms with Crippen LogP contribution < -0.4 is 5.32 Å². The second-order valence-corrected chi connectivity index (χ2v) is 7.15. The van der Waals surface area contributed by atoms with E-state index >= 15 is 0 Å². The van der Waals surface area contributed by atoms with Gasteiger partial charge >= 0.3 is 6.03 Å². The average molecular weight is 327 g/mol. The molecule has 1 aromatic rings. The molecule has 0 heterocycles. The van der Waals surface area contributed by atoms with Crippen molar-refractivity contribution >= 4 is 21.6 Å². The molecular weight excluding hydrogens is 309 g/mol. The maximum atomic E-state index is 13.2. The molecule has 120 valence electrons. The van der Waals surface area contributed by atoms with Crippen LogP contribution in [0, 0.1) is 17.1 Å². The molecule has 0 saturated heterocycles. The summed E-state index contributed by atoms with van der Waals surface area (Å²) in [5, 5.41) is 11.3. The number of sulfone groups is 1. The van der Waals surface area contributed by atoms with Gasteiger partial charge in [-0.1, -0.05) is 0 Å². The van der Waals surface area contributed by atoms with E-state index in [2.05, 4.69) is 5.32 Å². The first kappa shape index (κ1) is 17.9. The van der Waals surface area contributed by atoms with Gasteiger partial charge in [-0.3, -0.25) is 0 Å². The summed E-state index contributed by atoms with van der Waals surface area (Å²) in [6.45, 7) is 3.67. The number of hydrogen-bond acceptors (Lipinski definition) is 4. The van der Waals surface area contributed by atoms with Crippen LogP contribution in [0.3, 0.4) is 0 Å². The van der Waals surface area contributed by atoms with E-state index in [1.807, 2.05) is 0 Å². The Balaban J connectivity index is 2.88. The molecule has 0 bridgehead atoms. The molecule has 0 unspecified atom stereocenters. The van der Waals surface area contributed by atoms with Crippen molar-refractivity contribution < 1.29 is 17.6 Å². The Morgan fingerprint density at radius 2 is 2.14 bits per heavy atom. The summed E-state index contributed by atoms with van der Waals surface area (Å²) in [7, 11) is -3.22. The number of amides is 2. The van der Waals surface area contributed by atoms with Crippen LogP contribution in [0.4, 0.5) is 14.9 Å². The number of rotatable bonds is 5. The van der Waals surface area contributed by atoms with Gasteiger partial charge in [0, 0.05) is 24.5 Å². The fourth-order valence-electron chi connectivity index (χ4n) is 2.07. The number of carbonyl (C=O) groups excluding carboxylic acids is 1. The van der Waals surface area contributed by atoms with Crippen LogP contribution in [-0.2, 0) is 9.84 Å². The van der Waals surface area contributed by atoms with Crippen LogP contribution in [0.5, 0.6) is 0 Å². The van der Waals surface area contributed by atoms with Crippen LogP contribution in [-0.4, -0.2) is 43.9 Å². The number of carbonyl (C=O) groups is 1. The minimum Gasteiger partial charge on any atom is -0.321 e. The molecule has 1 aromatic carbocycles. The SMILES string of the molecule is CCN(C(=O)Nc1ccc(F)c(C#N)c1)[C@H](C)CS(C)(=O)=O. The number of nitriles is 1. The van der Waals surface area contributed by atoms with Crippen molar-refractivity contribution in [3.63, 3.8) is 0 Å². The molecule has 0 aliphatic rings. The van der Waals surface area contributed by atoms with Crippen LogP contribution in [0.25, 0.3) is 0 Å². The van der Waals surface area contributed by atoms with Crippen molar-refractivity contribution in [2.45, 2.75) is 19.9 Å². The summed E-state index contributed by atoms with van der Waals surface area (Å²) in [5.74, 6) is -0.820. The molecular formula is C14H18FN3O3S. The van der Waals surface area contributed by atoms with Gasteiger partial charge in [-0.05, 0) is 32.0 Å². The number of nitrogens with zero attached hydrogens (tertiary/aromatic N) is 2. The molecule has 0 aromatic heterocycles. The normalized spacial score (nSPS) is 12.3. The second-order valence-electron chi connectivity index (χ2n) is 4.96. The zero-order valence-electron chi connectivity index (χ0n) is 12.6. The second kappa shape index (κ2) is 7.22. The Morgan fingerprint density at radius 3 is 2.64 bits per heavy atom. The highest BCUT2D eigenvalue weighted by atomic mass is 32.2. The first-order valence-corrected chi connectivity index (χ1v) is 8.69. The van der Waals surface area contributed by atoms with Crippen molar-refractivity contribution in [3.05, 3.63) is 29.6 Å². The minimum atomic E-state index is -3.22. The summed E-state index contributed by atoms with van der Waals surface area (Å²) in [5.41, 5.74) is 0.0954. The fourth-order valence-corrected chi connectivity index (χ4v) is 3.12. The molecule has 1 atom stereocenters. The summed E-state index contributed by atoms with van der Waals surface area (Å²) in [4.78, 5) is 13.6. The van der Waals surface area contributed by atoms with Gasteiger partial charge in [-0.15, -0.1) is 0 Å². The van der Waals surface area contributed by atoms with E-state index in [4.69, 9.17) is 5.26 Å². The van der Waals surface area contributed by atoms with Crippen molar-refractivity contribution in [1.82, 2.24) is 4.90 Å². The van der Waals surface area contributed by atoms with E-state index in [9.17, 15) is 17.6 Å². The highest BCUT2D eigenvalue weighted by Gasteiger charge is 2.22. The van der Waals surface area contributed by atoms with E-state index in [0.717, 1.165) is 12.3 Å². The molecule has 0 radical (unpaired) electrons. The van der Waals surface area contributed by atoms with Gasteiger partial charge in [0.15, 0.2) is 0 Å². The van der Waals surface area contributed by atoms with Gasteiger partial charge in [-0.25, -0.2) is 17.6 Å². The van der Waals surface area contributed by atoms with Crippen molar-refractivity contribution in [2.75, 3.05) is 23.9 Å². The molecule has 0 fully saturated rings. The lowest BCUT2D eigenvalue weighted by atomic mass is 10.2. The van der Waals surface area contributed by atoms with Crippen molar-refractivity contribution in [2.24, 2.45) is 0 Å². The van der Waals surface area contributed by atoms with Crippen molar-refractivity contribution in [1.29, 1.82) is 5.26 Å². The van der Waals surface area contributed by atoms with Gasteiger partial charge in [0.05, 0.1) is 11.3 Å². The average Bonchev–Trinajstić information content (AvgIpc) is 2.39. The summed E-state index contributed by atoms with van der Waals surface area (Å²) < 4.78 is 35.9. The van der Waals surface area contributed by atoms with Crippen LogP contribution >= 0.6 is 0 Å². The lowest BCUT2D eigenvalue weighted by Gasteiger charge is -2.27. The minimum absolute atomic E-state index is 0.152. The van der Waals surface area contributed by atoms with E-state index in [0.29, 0.717) is 6.54 Å². The number of benzene rings is 1. The van der Waals surface area contributed by atoms with Gasteiger partial charge < -0.3 is 10.2 Å². The smallest absolute Gasteiger partial charge is 0.321 e. The zero-order chi connectivity index (χ0) is 16.9. The maximum Gasteiger partial charge on any atom is 0.322 e. The first-order chi connectivity index (χ1) is 10.2. The van der Waals surface area contributed by atoms with Gasteiger partial charge in [-0.2, -0.15) is 5.26 Å². The molecule has 2 amide bonds. The molecule has 8 heteroatoms. The number of hydrogen-bond donors (Lipinski definition) is 1. The Labute approximate surface area is 129 Å². The first-order valence-electron chi connectivity index (χ1n) is 6.63. The molecule has 0 aliphatic carbocycles. The van der Waals surface area contributed by atoms with Gasteiger partial charge in [0.2, 0.25) is 0 Å². The lowest BCUT2D eigenvalue weighted by molar-refractivity contribution is 0.201. The standard InChI is InChI=1S/C14H18FN3O3S/c1-4-18(10(2)9-22(3,20)21)14(19)17-12-5-6-13(15)11(7-12)8-16/h5-7,10H,4,9H2,1-3H3,(H,17,19)/t10-/m1/s1. The van der Waals surface area contributed by atoms with Crippen LogP contribution in [0.1, 0.15) is 19.4 Å². The van der Waals surface area contributed by atoms with E-state index in [-0.39, 0.29) is 17.0 Å². The van der Waals surface area contributed by atoms with E-state index < -0.39 is 27.7 Å². The largest absolute Gasteiger partial charge is 0.322 e. The Morgan fingerprint density at radius 1 is 1.50 bits per heavy atom. The van der Waals surface area contributed by atoms with Gasteiger partial charge in [0.1, 0.15) is 21.7 Å². The zero-order valence-corrected chi connectivity index (χ0v) is 13.4. The summed E-state index contributed by atoms with van der Waals surface area (Å²) in [6, 6.07) is 4.33. The molecule has 6 nitrogen and oxygen atoms in total. The third-order valence-electron chi connectivity index (χ3n) is 3.02. The van der Waals surface area contributed by atoms with E-state index in [1.165, 1.54) is 17.0 Å². The summed E-state index contributed by atoms with van der Waals surface area (Å²) in [6.07, 6.45) is 1.11. The van der Waals surface area contributed by atoms with Crippen LogP contribution in [0.15, 0.2) is 18.2 Å². The monoisotopic (exact) mass is 327 g/mol. The molecule has 0 saturated carbocycles. The number of halogens is 1. The van der Waals surface area contributed by atoms with Crippen LogP contribution in [0.2, 0.25) is 0 Å². The molecule has 1 N–H and O–H groups in total. The Hall–Kier alpha value is -2.14. The van der Waals surface area contributed by atoms with Crippen molar-refractivity contribution in [3.8, 4) is 6.07 Å². The molecule has 0 aliphatic heterocycles. The molecule has 0 spiro atoms. The lowest BCUT2D eigenvalue weighted by Crippen LogP contribution is -2.44. The predicted molar refractivity (Wildman–Crippen MR) is 81.7 cm³/mol. The molecule has 1 rings (SSSR count). The van der Waals surface area contributed by atoms with Gasteiger partial charge in [0.25, 0.3) is 0 Å². The third kappa shape index (κ3) is 5.00. The maximum absolute atomic E-state index is 13.2. The predicted octanol–water partition coefficient (Wildman–Crippen LogP) is 1.98. The number of anilines is 1. The molecule has 22 heavy (non-hydrogen) atoms. The highest BCUT2D eigenvalue weighted by Crippen LogP contribution is 2.15. The highest BCUT2D eigenvalue weighted by molar-refractivity contribution is 7.90. The summed E-state index contributed by atoms with van der Waals surface area (Å²) >= 11 is 0. The van der Waals surface area contributed by atoms with E-state index in [1.54, 1.807) is 19.9 Å². The number of nitrogens with one attached hydrogen (secondary N) is 1. The Kier molecular flexibility index (Phi) is 5.88. The number of urea groups is 1. The fraction of sp³-hybridized carbons (Fsp3) is 0.429. The Bertz CT molecular complexity index is 698. The topological polar surface area (TPSA) is 90.3 Å². The quantitative estimate of drug-likeness (QED) is 0.895. The third-order valence-corrected chi connectivity index (χ3v) is 4.10.